The minimum Gasteiger partial charge on any atom is -0.430 e. The lowest BCUT2D eigenvalue weighted by Crippen LogP contribution is -2.37. The standard InChI is InChI=1S/C17H20Cl3NO3/c1-3-6-17(7-8-21(10-17)16(23)24-11(2)18)15(22)12-4-5-13(19)14(20)9-12/h4-5,9,11H,3,6-8,10H2,1-2H3. The van der Waals surface area contributed by atoms with Crippen LogP contribution in [0.2, 0.25) is 10.0 Å². The van der Waals surface area contributed by atoms with E-state index in [0.717, 1.165) is 6.42 Å². The topological polar surface area (TPSA) is 46.6 Å². The van der Waals surface area contributed by atoms with Gasteiger partial charge in [-0.3, -0.25) is 4.79 Å². The molecule has 1 aromatic rings. The van der Waals surface area contributed by atoms with Gasteiger partial charge in [0.05, 0.1) is 15.5 Å². The predicted molar refractivity (Wildman–Crippen MR) is 96.1 cm³/mol. The van der Waals surface area contributed by atoms with Crippen molar-refractivity contribution in [3.8, 4) is 0 Å². The van der Waals surface area contributed by atoms with Crippen LogP contribution >= 0.6 is 34.8 Å². The number of hydrogen-bond acceptors (Lipinski definition) is 3. The molecule has 1 aliphatic rings. The summed E-state index contributed by atoms with van der Waals surface area (Å²) in [6, 6.07) is 4.88. The van der Waals surface area contributed by atoms with Crippen LogP contribution in [-0.4, -0.2) is 35.4 Å². The van der Waals surface area contributed by atoms with E-state index in [1.807, 2.05) is 6.92 Å². The van der Waals surface area contributed by atoms with Crippen molar-refractivity contribution in [2.75, 3.05) is 13.1 Å². The van der Waals surface area contributed by atoms with Crippen LogP contribution in [0.1, 0.15) is 43.5 Å². The van der Waals surface area contributed by atoms with Crippen LogP contribution in [0.4, 0.5) is 4.79 Å². The Morgan fingerprint density at radius 1 is 1.33 bits per heavy atom. The minimum absolute atomic E-state index is 0.0165. The number of amides is 1. The van der Waals surface area contributed by atoms with Gasteiger partial charge in [-0.15, -0.1) is 0 Å². The van der Waals surface area contributed by atoms with Crippen molar-refractivity contribution < 1.29 is 14.3 Å². The fourth-order valence-corrected chi connectivity index (χ4v) is 3.54. The number of ether oxygens (including phenoxy) is 1. The van der Waals surface area contributed by atoms with Crippen LogP contribution in [0.25, 0.3) is 0 Å². The van der Waals surface area contributed by atoms with E-state index < -0.39 is 17.1 Å². The molecule has 2 unspecified atom stereocenters. The van der Waals surface area contributed by atoms with Crippen LogP contribution in [0.5, 0.6) is 0 Å². The number of rotatable bonds is 5. The fraction of sp³-hybridized carbons (Fsp3) is 0.529. The van der Waals surface area contributed by atoms with Crippen LogP contribution in [0.3, 0.4) is 0 Å². The van der Waals surface area contributed by atoms with Crippen LogP contribution < -0.4 is 0 Å². The SMILES string of the molecule is CCCC1(C(=O)c2ccc(Cl)c(Cl)c2)CCN(C(=O)OC(C)Cl)C1. The minimum atomic E-state index is -0.704. The molecule has 1 heterocycles. The largest absolute Gasteiger partial charge is 0.430 e. The molecule has 4 nitrogen and oxygen atoms in total. The van der Waals surface area contributed by atoms with Crippen molar-refractivity contribution in [2.45, 2.75) is 38.7 Å². The van der Waals surface area contributed by atoms with E-state index in [4.69, 9.17) is 39.5 Å². The number of likely N-dealkylation sites (tertiary alicyclic amines) is 1. The van der Waals surface area contributed by atoms with Gasteiger partial charge in [-0.1, -0.05) is 48.1 Å². The lowest BCUT2D eigenvalue weighted by molar-refractivity contribution is 0.0756. The Labute approximate surface area is 157 Å². The summed E-state index contributed by atoms with van der Waals surface area (Å²) < 4.78 is 5.03. The molecule has 0 N–H and O–H groups in total. The molecule has 1 fully saturated rings. The third-order valence-electron chi connectivity index (χ3n) is 4.27. The van der Waals surface area contributed by atoms with Crippen molar-refractivity contribution in [3.05, 3.63) is 33.8 Å². The molecular weight excluding hydrogens is 373 g/mol. The van der Waals surface area contributed by atoms with Gasteiger partial charge in [-0.05, 0) is 38.0 Å². The number of halogens is 3. The van der Waals surface area contributed by atoms with Crippen LogP contribution in [-0.2, 0) is 4.74 Å². The zero-order valence-corrected chi connectivity index (χ0v) is 15.9. The molecule has 1 saturated heterocycles. The Kier molecular flexibility index (Phi) is 6.40. The van der Waals surface area contributed by atoms with Crippen molar-refractivity contribution >= 4 is 46.7 Å². The van der Waals surface area contributed by atoms with Gasteiger partial charge in [0.1, 0.15) is 0 Å². The monoisotopic (exact) mass is 391 g/mol. The Hall–Kier alpha value is -0.970. The smallest absolute Gasteiger partial charge is 0.411 e. The molecule has 1 amide bonds. The second-order valence-corrected chi connectivity index (χ2v) is 7.52. The van der Waals surface area contributed by atoms with Crippen molar-refractivity contribution in [1.82, 2.24) is 4.90 Å². The van der Waals surface area contributed by atoms with Crippen LogP contribution in [0.15, 0.2) is 18.2 Å². The molecule has 0 bridgehead atoms. The third-order valence-corrected chi connectivity index (χ3v) is 5.10. The summed E-state index contributed by atoms with van der Waals surface area (Å²) in [6.45, 7) is 4.39. The Morgan fingerprint density at radius 3 is 2.62 bits per heavy atom. The number of nitrogens with zero attached hydrogens (tertiary/aromatic N) is 1. The first-order chi connectivity index (χ1) is 11.3. The zero-order valence-electron chi connectivity index (χ0n) is 13.7. The maximum Gasteiger partial charge on any atom is 0.411 e. The van der Waals surface area contributed by atoms with Gasteiger partial charge in [0.2, 0.25) is 0 Å². The number of carbonyl (C=O) groups is 2. The van der Waals surface area contributed by atoms with E-state index >= 15 is 0 Å². The fourth-order valence-electron chi connectivity index (χ4n) is 3.17. The Balaban J connectivity index is 2.23. The highest BCUT2D eigenvalue weighted by molar-refractivity contribution is 6.42. The second-order valence-electron chi connectivity index (χ2n) is 6.09. The molecule has 0 saturated carbocycles. The first kappa shape index (κ1) is 19.4. The molecule has 7 heteroatoms. The summed E-state index contributed by atoms with van der Waals surface area (Å²) >= 11 is 17.7. The maximum absolute atomic E-state index is 13.1. The highest BCUT2D eigenvalue weighted by Crippen LogP contribution is 2.39. The van der Waals surface area contributed by atoms with Gasteiger partial charge in [0, 0.05) is 18.7 Å². The summed E-state index contributed by atoms with van der Waals surface area (Å²) in [6.07, 6.45) is 1.62. The van der Waals surface area contributed by atoms with Gasteiger partial charge >= 0.3 is 6.09 Å². The van der Waals surface area contributed by atoms with E-state index in [0.29, 0.717) is 41.5 Å². The molecule has 2 rings (SSSR count). The molecule has 1 aliphatic heterocycles. The van der Waals surface area contributed by atoms with Crippen molar-refractivity contribution in [2.24, 2.45) is 5.41 Å². The molecular formula is C17H20Cl3NO3. The molecule has 0 radical (unpaired) electrons. The van der Waals surface area contributed by atoms with Crippen LogP contribution in [0, 0.1) is 5.41 Å². The van der Waals surface area contributed by atoms with Gasteiger partial charge in [0.25, 0.3) is 0 Å². The maximum atomic E-state index is 13.1. The number of ketones is 1. The quantitative estimate of drug-likeness (QED) is 0.498. The first-order valence-electron chi connectivity index (χ1n) is 7.88. The molecule has 0 spiro atoms. The average Bonchev–Trinajstić information content (AvgIpc) is 2.94. The third kappa shape index (κ3) is 4.16. The van der Waals surface area contributed by atoms with Gasteiger partial charge in [-0.2, -0.15) is 0 Å². The highest BCUT2D eigenvalue weighted by atomic mass is 35.5. The normalized spacial score (nSPS) is 21.6. The van der Waals surface area contributed by atoms with E-state index in [-0.39, 0.29) is 5.78 Å². The molecule has 2 atom stereocenters. The molecule has 0 aromatic heterocycles. The summed E-state index contributed by atoms with van der Waals surface area (Å²) in [5.74, 6) is -0.0165. The predicted octanol–water partition coefficient (Wildman–Crippen LogP) is 5.39. The van der Waals surface area contributed by atoms with Gasteiger partial charge in [-0.25, -0.2) is 4.79 Å². The summed E-state index contributed by atoms with van der Waals surface area (Å²) in [5.41, 5.74) is -0.816. The molecule has 1 aromatic carbocycles. The zero-order chi connectivity index (χ0) is 17.9. The number of benzene rings is 1. The number of alkyl halides is 1. The first-order valence-corrected chi connectivity index (χ1v) is 9.08. The average molecular weight is 393 g/mol. The van der Waals surface area contributed by atoms with Gasteiger partial charge < -0.3 is 9.64 Å². The van der Waals surface area contributed by atoms with Gasteiger partial charge in [0.15, 0.2) is 11.3 Å². The summed E-state index contributed by atoms with van der Waals surface area (Å²) in [7, 11) is 0. The second kappa shape index (κ2) is 7.94. The molecule has 0 aliphatic carbocycles. The number of carbonyl (C=O) groups excluding carboxylic acids is 2. The molecule has 24 heavy (non-hydrogen) atoms. The molecule has 132 valence electrons. The van der Waals surface area contributed by atoms with E-state index in [1.54, 1.807) is 30.0 Å². The van der Waals surface area contributed by atoms with E-state index in [9.17, 15) is 9.59 Å². The van der Waals surface area contributed by atoms with E-state index in [1.165, 1.54) is 0 Å². The van der Waals surface area contributed by atoms with Crippen molar-refractivity contribution in [1.29, 1.82) is 0 Å². The number of Topliss-reactive ketones (excluding diaryl/α,β-unsaturated/α-hetero) is 1. The summed E-state index contributed by atoms with van der Waals surface area (Å²) in [5, 5.41) is 0.755. The Bertz CT molecular complexity index is 636. The highest BCUT2D eigenvalue weighted by Gasteiger charge is 2.46. The Morgan fingerprint density at radius 2 is 2.04 bits per heavy atom. The van der Waals surface area contributed by atoms with Crippen molar-refractivity contribution in [3.63, 3.8) is 0 Å². The van der Waals surface area contributed by atoms with E-state index in [2.05, 4.69) is 0 Å². The number of hydrogen-bond donors (Lipinski definition) is 0. The summed E-state index contributed by atoms with van der Waals surface area (Å²) in [4.78, 5) is 26.7. The lowest BCUT2D eigenvalue weighted by atomic mass is 9.76. The lowest BCUT2D eigenvalue weighted by Gasteiger charge is -2.27.